The van der Waals surface area contributed by atoms with Gasteiger partial charge in [-0.25, -0.2) is 8.91 Å². The maximum atomic E-state index is 13.0. The van der Waals surface area contributed by atoms with E-state index in [1.165, 1.54) is 6.92 Å². The van der Waals surface area contributed by atoms with E-state index in [9.17, 15) is 9.18 Å². The fourth-order valence-corrected chi connectivity index (χ4v) is 2.60. The third-order valence-corrected chi connectivity index (χ3v) is 3.76. The van der Waals surface area contributed by atoms with Gasteiger partial charge in [0.25, 0.3) is 0 Å². The third kappa shape index (κ3) is 3.05. The van der Waals surface area contributed by atoms with Crippen LogP contribution in [0.15, 0.2) is 24.5 Å². The molecule has 3 heterocycles. The van der Waals surface area contributed by atoms with Crippen LogP contribution in [0.4, 0.5) is 4.39 Å². The number of hydrogen-bond donors (Lipinski definition) is 0. The molecular weight excluding hydrogens is 273 g/mol. The Morgan fingerprint density at radius 1 is 1.52 bits per heavy atom. The predicted molar refractivity (Wildman–Crippen MR) is 76.6 cm³/mol. The SMILES string of the molecule is CC(=O)c1cnn2cc(OCCN3CC[C@H](F)C3)ccc12. The second-order valence-corrected chi connectivity index (χ2v) is 5.34. The van der Waals surface area contributed by atoms with Crippen molar-refractivity contribution < 1.29 is 13.9 Å². The minimum Gasteiger partial charge on any atom is -0.491 e. The largest absolute Gasteiger partial charge is 0.491 e. The highest BCUT2D eigenvalue weighted by molar-refractivity contribution is 6.00. The first-order valence-electron chi connectivity index (χ1n) is 7.11. The topological polar surface area (TPSA) is 46.8 Å². The first-order chi connectivity index (χ1) is 10.1. The second kappa shape index (κ2) is 5.81. The number of hydrogen-bond acceptors (Lipinski definition) is 4. The van der Waals surface area contributed by atoms with Crippen LogP contribution < -0.4 is 4.74 Å². The van der Waals surface area contributed by atoms with Crippen molar-refractivity contribution in [2.45, 2.75) is 19.5 Å². The summed E-state index contributed by atoms with van der Waals surface area (Å²) in [5.41, 5.74) is 1.38. The Morgan fingerprint density at radius 2 is 2.38 bits per heavy atom. The van der Waals surface area contributed by atoms with Crippen molar-refractivity contribution in [1.29, 1.82) is 0 Å². The zero-order chi connectivity index (χ0) is 14.8. The molecule has 0 spiro atoms. The number of fused-ring (bicyclic) bond motifs is 1. The van der Waals surface area contributed by atoms with Gasteiger partial charge >= 0.3 is 0 Å². The molecule has 0 aliphatic carbocycles. The lowest BCUT2D eigenvalue weighted by Gasteiger charge is -2.14. The van der Waals surface area contributed by atoms with E-state index >= 15 is 0 Å². The fraction of sp³-hybridized carbons (Fsp3) is 0.467. The molecule has 0 aromatic carbocycles. The quantitative estimate of drug-likeness (QED) is 0.790. The number of ketones is 1. The summed E-state index contributed by atoms with van der Waals surface area (Å²) in [6.07, 6.45) is 3.24. The molecule has 5 nitrogen and oxygen atoms in total. The Morgan fingerprint density at radius 3 is 3.10 bits per heavy atom. The maximum Gasteiger partial charge on any atom is 0.163 e. The Labute approximate surface area is 122 Å². The van der Waals surface area contributed by atoms with Crippen molar-refractivity contribution in [3.8, 4) is 5.75 Å². The summed E-state index contributed by atoms with van der Waals surface area (Å²) in [5.74, 6) is 0.685. The summed E-state index contributed by atoms with van der Waals surface area (Å²) >= 11 is 0. The van der Waals surface area contributed by atoms with E-state index in [0.717, 1.165) is 18.6 Å². The molecule has 0 N–H and O–H groups in total. The fourth-order valence-electron chi connectivity index (χ4n) is 2.60. The van der Waals surface area contributed by atoms with Gasteiger partial charge in [0.05, 0.1) is 23.5 Å². The number of ether oxygens (including phenoxy) is 1. The minimum absolute atomic E-state index is 0.00604. The highest BCUT2D eigenvalue weighted by Gasteiger charge is 2.21. The number of halogens is 1. The number of pyridine rings is 1. The van der Waals surface area contributed by atoms with Crippen molar-refractivity contribution in [3.05, 3.63) is 30.1 Å². The van der Waals surface area contributed by atoms with Crippen LogP contribution in [0.2, 0.25) is 0 Å². The number of carbonyl (C=O) groups excluding carboxylic acids is 1. The molecule has 1 aliphatic heterocycles. The molecule has 1 atom stereocenters. The number of carbonyl (C=O) groups is 1. The Balaban J connectivity index is 1.61. The first-order valence-corrected chi connectivity index (χ1v) is 7.11. The highest BCUT2D eigenvalue weighted by atomic mass is 19.1. The van der Waals surface area contributed by atoms with Crippen molar-refractivity contribution in [2.75, 3.05) is 26.2 Å². The van der Waals surface area contributed by atoms with Crippen LogP contribution in [-0.2, 0) is 0 Å². The smallest absolute Gasteiger partial charge is 0.163 e. The molecule has 1 aliphatic rings. The molecule has 0 radical (unpaired) electrons. The molecule has 21 heavy (non-hydrogen) atoms. The first kappa shape index (κ1) is 14.0. The summed E-state index contributed by atoms with van der Waals surface area (Å²) in [7, 11) is 0. The molecule has 0 unspecified atom stereocenters. The number of aromatic nitrogens is 2. The molecular formula is C15H18FN3O2. The molecule has 112 valence electrons. The molecule has 0 amide bonds. The van der Waals surface area contributed by atoms with E-state index in [4.69, 9.17) is 4.74 Å². The van der Waals surface area contributed by atoms with Crippen molar-refractivity contribution in [2.24, 2.45) is 0 Å². The zero-order valence-corrected chi connectivity index (χ0v) is 12.0. The van der Waals surface area contributed by atoms with Gasteiger partial charge in [-0.15, -0.1) is 0 Å². The Hall–Kier alpha value is -1.95. The molecule has 1 fully saturated rings. The Bertz CT molecular complexity index is 655. The number of rotatable bonds is 5. The number of Topliss-reactive ketones (excluding diaryl/α,β-unsaturated/α-hetero) is 1. The lowest BCUT2D eigenvalue weighted by Crippen LogP contribution is -2.26. The summed E-state index contributed by atoms with van der Waals surface area (Å²) in [4.78, 5) is 13.5. The van der Waals surface area contributed by atoms with Crippen LogP contribution in [0.3, 0.4) is 0 Å². The standard InChI is InChI=1S/C15H18FN3O2/c1-11(20)14-8-17-19-10-13(2-3-15(14)19)21-7-6-18-5-4-12(16)9-18/h2-3,8,10,12H,4-7,9H2,1H3/t12-/m0/s1. The second-order valence-electron chi connectivity index (χ2n) is 5.34. The lowest BCUT2D eigenvalue weighted by molar-refractivity contribution is 0.101. The van der Waals surface area contributed by atoms with Gasteiger partial charge in [-0.2, -0.15) is 5.10 Å². The van der Waals surface area contributed by atoms with Crippen LogP contribution in [0.1, 0.15) is 23.7 Å². The molecule has 0 saturated carbocycles. The number of alkyl halides is 1. The monoisotopic (exact) mass is 291 g/mol. The van der Waals surface area contributed by atoms with Gasteiger partial charge in [-0.3, -0.25) is 9.69 Å². The average molecular weight is 291 g/mol. The van der Waals surface area contributed by atoms with Gasteiger partial charge in [0, 0.05) is 19.6 Å². The van der Waals surface area contributed by atoms with Gasteiger partial charge in [0.15, 0.2) is 5.78 Å². The summed E-state index contributed by atoms with van der Waals surface area (Å²) < 4.78 is 20.4. The summed E-state index contributed by atoms with van der Waals surface area (Å²) in [6.45, 7) is 4.05. The van der Waals surface area contributed by atoms with E-state index < -0.39 is 6.17 Å². The van der Waals surface area contributed by atoms with Crippen molar-refractivity contribution >= 4 is 11.3 Å². The van der Waals surface area contributed by atoms with Crippen LogP contribution in [0.25, 0.3) is 5.52 Å². The number of nitrogens with zero attached hydrogens (tertiary/aromatic N) is 3. The van der Waals surface area contributed by atoms with Gasteiger partial charge in [-0.05, 0) is 25.5 Å². The molecule has 2 aromatic heterocycles. The normalized spacial score (nSPS) is 19.2. The predicted octanol–water partition coefficient (Wildman–Crippen LogP) is 1.96. The lowest BCUT2D eigenvalue weighted by atomic mass is 10.2. The van der Waals surface area contributed by atoms with Crippen molar-refractivity contribution in [3.63, 3.8) is 0 Å². The zero-order valence-electron chi connectivity index (χ0n) is 12.0. The third-order valence-electron chi connectivity index (χ3n) is 3.76. The molecule has 0 bridgehead atoms. The van der Waals surface area contributed by atoms with E-state index in [1.807, 2.05) is 12.1 Å². The van der Waals surface area contributed by atoms with Gasteiger partial charge < -0.3 is 4.74 Å². The Kier molecular flexibility index (Phi) is 3.88. The summed E-state index contributed by atoms with van der Waals surface area (Å²) in [5, 5.41) is 4.15. The molecule has 1 saturated heterocycles. The van der Waals surface area contributed by atoms with Crippen molar-refractivity contribution in [1.82, 2.24) is 14.5 Å². The highest BCUT2D eigenvalue weighted by Crippen LogP contribution is 2.17. The van der Waals surface area contributed by atoms with Crippen LogP contribution in [0.5, 0.6) is 5.75 Å². The van der Waals surface area contributed by atoms with E-state index in [0.29, 0.717) is 30.9 Å². The van der Waals surface area contributed by atoms with Gasteiger partial charge in [-0.1, -0.05) is 0 Å². The molecule has 3 rings (SSSR count). The van der Waals surface area contributed by atoms with Crippen LogP contribution >= 0.6 is 0 Å². The maximum absolute atomic E-state index is 13.0. The van der Waals surface area contributed by atoms with E-state index in [-0.39, 0.29) is 5.78 Å². The molecule has 2 aromatic rings. The van der Waals surface area contributed by atoms with E-state index in [2.05, 4.69) is 10.00 Å². The van der Waals surface area contributed by atoms with Gasteiger partial charge in [0.2, 0.25) is 0 Å². The van der Waals surface area contributed by atoms with E-state index in [1.54, 1.807) is 16.9 Å². The van der Waals surface area contributed by atoms with Crippen LogP contribution in [-0.4, -0.2) is 52.7 Å². The van der Waals surface area contributed by atoms with Gasteiger partial charge in [0.1, 0.15) is 18.5 Å². The summed E-state index contributed by atoms with van der Waals surface area (Å²) in [6, 6.07) is 3.65. The number of likely N-dealkylation sites (tertiary alicyclic amines) is 1. The molecule has 6 heteroatoms. The average Bonchev–Trinajstić information content (AvgIpc) is 3.04. The minimum atomic E-state index is -0.699. The van der Waals surface area contributed by atoms with Crippen LogP contribution in [0, 0.1) is 0 Å².